The van der Waals surface area contributed by atoms with E-state index in [1.165, 1.54) is 30.8 Å². The summed E-state index contributed by atoms with van der Waals surface area (Å²) in [5.41, 5.74) is 0.521. The van der Waals surface area contributed by atoms with Crippen LogP contribution < -0.4 is 10.6 Å². The van der Waals surface area contributed by atoms with Crippen LogP contribution in [0.25, 0.3) is 0 Å². The van der Waals surface area contributed by atoms with Crippen LogP contribution in [0.3, 0.4) is 0 Å². The molecule has 1 unspecified atom stereocenters. The Morgan fingerprint density at radius 2 is 1.79 bits per heavy atom. The van der Waals surface area contributed by atoms with Crippen molar-refractivity contribution in [1.29, 1.82) is 0 Å². The summed E-state index contributed by atoms with van der Waals surface area (Å²) < 4.78 is 14.4. The predicted molar refractivity (Wildman–Crippen MR) is 115 cm³/mol. The molecule has 0 saturated carbocycles. The summed E-state index contributed by atoms with van der Waals surface area (Å²) in [5, 5.41) is 13.4. The van der Waals surface area contributed by atoms with Crippen molar-refractivity contribution < 1.29 is 23.9 Å². The molecule has 9 heteroatoms. The number of amides is 2. The molecule has 2 rings (SSSR count). The average molecular weight is 481 g/mol. The van der Waals surface area contributed by atoms with Crippen molar-refractivity contribution in [2.24, 2.45) is 0 Å². The van der Waals surface area contributed by atoms with Gasteiger partial charge in [-0.05, 0) is 56.3 Å². The maximum Gasteiger partial charge on any atom is 0.331 e. The fourth-order valence-corrected chi connectivity index (χ4v) is 3.34. The van der Waals surface area contributed by atoms with Crippen LogP contribution in [0.4, 0.5) is 15.8 Å². The van der Waals surface area contributed by atoms with Crippen LogP contribution in [0.2, 0.25) is 0 Å². The second kappa shape index (κ2) is 10.2. The van der Waals surface area contributed by atoms with Gasteiger partial charge in [0, 0.05) is 26.7 Å². The molecule has 2 aromatic rings. The SMILES string of the molecule is CC(=CC(=O)Nc1ccc(SC(C)C(=O)Nc2ccc(Br)cc2F)cc1)C(=O)O. The monoisotopic (exact) mass is 480 g/mol. The van der Waals surface area contributed by atoms with Crippen LogP contribution >= 0.6 is 27.7 Å². The first kappa shape index (κ1) is 22.6. The third-order valence-electron chi connectivity index (χ3n) is 3.68. The van der Waals surface area contributed by atoms with Gasteiger partial charge in [0.05, 0.1) is 10.9 Å². The third-order valence-corrected chi connectivity index (χ3v) is 5.28. The Bertz CT molecular complexity index is 963. The lowest BCUT2D eigenvalue weighted by molar-refractivity contribution is -0.132. The van der Waals surface area contributed by atoms with E-state index in [1.54, 1.807) is 37.3 Å². The summed E-state index contributed by atoms with van der Waals surface area (Å²) in [5.74, 6) is -2.59. The minimum absolute atomic E-state index is 0.0725. The highest BCUT2D eigenvalue weighted by Crippen LogP contribution is 2.26. The Morgan fingerprint density at radius 1 is 1.14 bits per heavy atom. The summed E-state index contributed by atoms with van der Waals surface area (Å²) in [7, 11) is 0. The summed E-state index contributed by atoms with van der Waals surface area (Å²) in [6.45, 7) is 3.03. The first-order chi connectivity index (χ1) is 13.7. The minimum atomic E-state index is -1.16. The minimum Gasteiger partial charge on any atom is -0.478 e. The molecule has 0 aromatic heterocycles. The van der Waals surface area contributed by atoms with E-state index in [2.05, 4.69) is 26.6 Å². The fraction of sp³-hybridized carbons (Fsp3) is 0.150. The molecule has 2 amide bonds. The summed E-state index contributed by atoms with van der Waals surface area (Å²) in [6.07, 6.45) is 0.999. The molecule has 0 aliphatic heterocycles. The van der Waals surface area contributed by atoms with Gasteiger partial charge in [0.1, 0.15) is 5.82 Å². The highest BCUT2D eigenvalue weighted by molar-refractivity contribution is 9.10. The van der Waals surface area contributed by atoms with Crippen molar-refractivity contribution in [2.45, 2.75) is 24.0 Å². The van der Waals surface area contributed by atoms with E-state index < -0.39 is 22.9 Å². The molecular formula is C20H18BrFN2O4S. The number of carbonyl (C=O) groups excluding carboxylic acids is 2. The van der Waals surface area contributed by atoms with E-state index in [1.807, 2.05) is 0 Å². The lowest BCUT2D eigenvalue weighted by Gasteiger charge is -2.13. The van der Waals surface area contributed by atoms with Gasteiger partial charge >= 0.3 is 5.97 Å². The summed E-state index contributed by atoms with van der Waals surface area (Å²) in [6, 6.07) is 11.1. The molecule has 1 atom stereocenters. The van der Waals surface area contributed by atoms with Gasteiger partial charge in [-0.2, -0.15) is 0 Å². The van der Waals surface area contributed by atoms with Gasteiger partial charge in [-0.3, -0.25) is 9.59 Å². The zero-order chi connectivity index (χ0) is 21.6. The second-order valence-corrected chi connectivity index (χ2v) is 8.35. The zero-order valence-corrected chi connectivity index (χ0v) is 17.9. The van der Waals surface area contributed by atoms with Crippen LogP contribution in [0.15, 0.2) is 63.5 Å². The largest absolute Gasteiger partial charge is 0.478 e. The van der Waals surface area contributed by atoms with Gasteiger partial charge in [-0.15, -0.1) is 11.8 Å². The third kappa shape index (κ3) is 7.03. The molecule has 0 fully saturated rings. The number of thioether (sulfide) groups is 1. The second-order valence-electron chi connectivity index (χ2n) is 6.02. The number of rotatable bonds is 7. The Hall–Kier alpha value is -2.65. The predicted octanol–water partition coefficient (Wildman–Crippen LogP) is 4.68. The van der Waals surface area contributed by atoms with Crippen molar-refractivity contribution in [3.63, 3.8) is 0 Å². The Balaban J connectivity index is 1.94. The van der Waals surface area contributed by atoms with Crippen LogP contribution in [0.1, 0.15) is 13.8 Å². The van der Waals surface area contributed by atoms with Crippen LogP contribution in [0.5, 0.6) is 0 Å². The highest BCUT2D eigenvalue weighted by Gasteiger charge is 2.16. The summed E-state index contributed by atoms with van der Waals surface area (Å²) in [4.78, 5) is 35.6. The van der Waals surface area contributed by atoms with Crippen LogP contribution in [0, 0.1) is 5.82 Å². The molecule has 152 valence electrons. The quantitative estimate of drug-likeness (QED) is 0.395. The normalized spacial score (nSPS) is 12.2. The average Bonchev–Trinajstić information content (AvgIpc) is 2.65. The van der Waals surface area contributed by atoms with E-state index in [9.17, 15) is 18.8 Å². The van der Waals surface area contributed by atoms with Crippen LogP contribution in [-0.4, -0.2) is 28.1 Å². The van der Waals surface area contributed by atoms with E-state index in [-0.39, 0.29) is 17.2 Å². The number of halogens is 2. The molecule has 0 bridgehead atoms. The number of hydrogen-bond acceptors (Lipinski definition) is 4. The number of benzene rings is 2. The van der Waals surface area contributed by atoms with Gasteiger partial charge < -0.3 is 15.7 Å². The molecule has 2 aromatic carbocycles. The lowest BCUT2D eigenvalue weighted by Crippen LogP contribution is -2.22. The number of anilines is 2. The van der Waals surface area contributed by atoms with Gasteiger partial charge in [-0.1, -0.05) is 15.9 Å². The smallest absolute Gasteiger partial charge is 0.331 e. The van der Waals surface area contributed by atoms with Crippen molar-refractivity contribution in [1.82, 2.24) is 0 Å². The molecule has 0 radical (unpaired) electrons. The molecular weight excluding hydrogens is 463 g/mol. The number of nitrogens with one attached hydrogen (secondary N) is 2. The van der Waals surface area contributed by atoms with Crippen molar-refractivity contribution in [2.75, 3.05) is 10.6 Å². The number of hydrogen-bond donors (Lipinski definition) is 3. The van der Waals surface area contributed by atoms with E-state index in [0.29, 0.717) is 10.2 Å². The van der Waals surface area contributed by atoms with Gasteiger partial charge in [0.25, 0.3) is 0 Å². The van der Waals surface area contributed by atoms with Gasteiger partial charge in [-0.25, -0.2) is 9.18 Å². The number of carbonyl (C=O) groups is 3. The Labute approximate surface area is 179 Å². The Kier molecular flexibility index (Phi) is 7.98. The number of carboxylic acid groups (broad SMARTS) is 1. The van der Waals surface area contributed by atoms with Gasteiger partial charge in [0.15, 0.2) is 0 Å². The molecule has 0 saturated heterocycles. The first-order valence-electron chi connectivity index (χ1n) is 8.41. The van der Waals surface area contributed by atoms with E-state index in [4.69, 9.17) is 5.11 Å². The standard InChI is InChI=1S/C20H18BrFN2O4S/c1-11(20(27)28)9-18(25)23-14-4-6-15(7-5-14)29-12(2)19(26)24-17-8-3-13(21)10-16(17)22/h3-10,12H,1-2H3,(H,23,25)(H,24,26)(H,27,28). The van der Waals surface area contributed by atoms with Crippen molar-refractivity contribution in [3.8, 4) is 0 Å². The molecule has 0 spiro atoms. The lowest BCUT2D eigenvalue weighted by atomic mass is 10.2. The molecule has 0 heterocycles. The fourth-order valence-electron chi connectivity index (χ4n) is 2.14. The van der Waals surface area contributed by atoms with Crippen molar-refractivity contribution in [3.05, 3.63) is 64.4 Å². The molecule has 0 aliphatic carbocycles. The highest BCUT2D eigenvalue weighted by atomic mass is 79.9. The number of aliphatic carboxylic acids is 1. The topological polar surface area (TPSA) is 95.5 Å². The Morgan fingerprint density at radius 3 is 2.38 bits per heavy atom. The molecule has 3 N–H and O–H groups in total. The number of carboxylic acids is 1. The maximum atomic E-state index is 13.9. The van der Waals surface area contributed by atoms with E-state index in [0.717, 1.165) is 11.0 Å². The summed E-state index contributed by atoms with van der Waals surface area (Å²) >= 11 is 4.44. The zero-order valence-electron chi connectivity index (χ0n) is 15.5. The van der Waals surface area contributed by atoms with Crippen LogP contribution in [-0.2, 0) is 14.4 Å². The first-order valence-corrected chi connectivity index (χ1v) is 10.1. The van der Waals surface area contributed by atoms with Gasteiger partial charge in [0.2, 0.25) is 11.8 Å². The van der Waals surface area contributed by atoms with E-state index >= 15 is 0 Å². The molecule has 29 heavy (non-hydrogen) atoms. The van der Waals surface area contributed by atoms with Crippen molar-refractivity contribution >= 4 is 56.9 Å². The maximum absolute atomic E-state index is 13.9. The molecule has 6 nitrogen and oxygen atoms in total. The molecule has 0 aliphatic rings.